The van der Waals surface area contributed by atoms with Gasteiger partial charge >= 0.3 is 5.97 Å². The topological polar surface area (TPSA) is 55.8 Å². The van der Waals surface area contributed by atoms with Crippen LogP contribution in [0.5, 0.6) is 5.75 Å². The van der Waals surface area contributed by atoms with E-state index in [-0.39, 0.29) is 12.5 Å². The van der Waals surface area contributed by atoms with Gasteiger partial charge in [0.1, 0.15) is 16.4 Å². The van der Waals surface area contributed by atoms with Gasteiger partial charge < -0.3 is 14.6 Å². The number of rotatable bonds is 11. The molecule has 0 bridgehead atoms. The fourth-order valence-corrected chi connectivity index (χ4v) is 8.74. The van der Waals surface area contributed by atoms with Gasteiger partial charge in [-0.05, 0) is 53.1 Å². The van der Waals surface area contributed by atoms with E-state index in [1.165, 1.54) is 0 Å². The molecule has 1 unspecified atom stereocenters. The van der Waals surface area contributed by atoms with Crippen LogP contribution < -0.4 is 4.74 Å². The van der Waals surface area contributed by atoms with Crippen molar-refractivity contribution in [3.63, 3.8) is 0 Å². The number of thioether (sulfide) groups is 2. The van der Waals surface area contributed by atoms with Gasteiger partial charge in [-0.25, -0.2) is 0 Å². The Hall–Kier alpha value is -3.97. The number of aliphatic hydroxyl groups excluding tert-OH is 1. The van der Waals surface area contributed by atoms with Gasteiger partial charge in [-0.1, -0.05) is 109 Å². The molecule has 5 aromatic rings. The first-order chi connectivity index (χ1) is 21.1. The number of ether oxygens (including phenoxy) is 2. The minimum absolute atomic E-state index is 0.194. The minimum atomic E-state index is -1.09. The summed E-state index contributed by atoms with van der Waals surface area (Å²) in [5.74, 6) is -0.913. The summed E-state index contributed by atoms with van der Waals surface area (Å²) in [6.07, 6.45) is -1.09. The molecule has 0 amide bonds. The second-order valence-electron chi connectivity index (χ2n) is 10.4. The van der Waals surface area contributed by atoms with E-state index in [0.717, 1.165) is 20.9 Å². The average molecular weight is 605 g/mol. The zero-order chi connectivity index (χ0) is 29.5. The van der Waals surface area contributed by atoms with Crippen LogP contribution in [-0.4, -0.2) is 17.7 Å². The lowest BCUT2D eigenvalue weighted by molar-refractivity contribution is -0.144. The molecular weight excluding hydrogens is 573 g/mol. The SMILES string of the molecule is O=C1OC[C@@H](C(Sc2ccccc2)(Sc2ccccc2)c2ccccc2)[C@@H]1C(O)c1cccc(OCc2ccccc2)c1. The van der Waals surface area contributed by atoms with Gasteiger partial charge in [0.25, 0.3) is 0 Å². The van der Waals surface area contributed by atoms with Crippen LogP contribution in [0.25, 0.3) is 0 Å². The van der Waals surface area contributed by atoms with Crippen LogP contribution in [0, 0.1) is 11.8 Å². The molecule has 0 saturated carbocycles. The summed E-state index contributed by atoms with van der Waals surface area (Å²) in [7, 11) is 0. The maximum absolute atomic E-state index is 13.5. The molecule has 1 fully saturated rings. The second-order valence-corrected chi connectivity index (χ2v) is 13.3. The van der Waals surface area contributed by atoms with Crippen molar-refractivity contribution < 1.29 is 19.4 Å². The monoisotopic (exact) mass is 604 g/mol. The molecule has 6 heteroatoms. The first-order valence-corrected chi connectivity index (χ1v) is 15.9. The highest BCUT2D eigenvalue weighted by molar-refractivity contribution is 8.17. The predicted molar refractivity (Wildman–Crippen MR) is 173 cm³/mol. The van der Waals surface area contributed by atoms with E-state index in [2.05, 4.69) is 36.4 Å². The molecule has 5 aromatic carbocycles. The van der Waals surface area contributed by atoms with E-state index in [1.807, 2.05) is 109 Å². The first-order valence-electron chi connectivity index (χ1n) is 14.3. The molecule has 1 aliphatic rings. The number of aliphatic hydroxyl groups is 1. The summed E-state index contributed by atoms with van der Waals surface area (Å²) in [5.41, 5.74) is 2.73. The molecule has 0 radical (unpaired) electrons. The fraction of sp³-hybridized carbons (Fsp3) is 0.162. The van der Waals surface area contributed by atoms with Gasteiger partial charge in [-0.2, -0.15) is 0 Å². The van der Waals surface area contributed by atoms with Gasteiger partial charge in [-0.15, -0.1) is 23.5 Å². The lowest BCUT2D eigenvalue weighted by Gasteiger charge is -2.40. The number of carbonyl (C=O) groups is 1. The maximum Gasteiger partial charge on any atom is 0.312 e. The molecule has 0 spiro atoms. The summed E-state index contributed by atoms with van der Waals surface area (Å²) in [5, 5.41) is 11.9. The van der Waals surface area contributed by atoms with Crippen molar-refractivity contribution in [2.75, 3.05) is 6.61 Å². The van der Waals surface area contributed by atoms with Crippen LogP contribution in [0.1, 0.15) is 22.8 Å². The minimum Gasteiger partial charge on any atom is -0.489 e. The highest BCUT2D eigenvalue weighted by Gasteiger charge is 2.55. The van der Waals surface area contributed by atoms with Crippen LogP contribution in [0.4, 0.5) is 0 Å². The van der Waals surface area contributed by atoms with Crippen molar-refractivity contribution in [3.05, 3.63) is 162 Å². The van der Waals surface area contributed by atoms with Crippen LogP contribution in [0.2, 0.25) is 0 Å². The predicted octanol–water partition coefficient (Wildman–Crippen LogP) is 8.53. The molecule has 1 N–H and O–H groups in total. The number of hydrogen-bond donors (Lipinski definition) is 1. The van der Waals surface area contributed by atoms with Gasteiger partial charge in [0.2, 0.25) is 0 Å². The Labute approximate surface area is 261 Å². The van der Waals surface area contributed by atoms with E-state index in [0.29, 0.717) is 17.9 Å². The van der Waals surface area contributed by atoms with E-state index >= 15 is 0 Å². The van der Waals surface area contributed by atoms with Gasteiger partial charge in [0.05, 0.1) is 18.6 Å². The third-order valence-electron chi connectivity index (χ3n) is 7.59. The Morgan fingerprint density at radius 2 is 1.30 bits per heavy atom. The number of cyclic esters (lactones) is 1. The smallest absolute Gasteiger partial charge is 0.312 e. The number of benzene rings is 5. The molecule has 4 nitrogen and oxygen atoms in total. The molecule has 0 aromatic heterocycles. The number of hydrogen-bond acceptors (Lipinski definition) is 6. The molecule has 6 rings (SSSR count). The number of carbonyl (C=O) groups excluding carboxylic acids is 1. The lowest BCUT2D eigenvalue weighted by Crippen LogP contribution is -2.37. The Bertz CT molecular complexity index is 1570. The molecule has 43 heavy (non-hydrogen) atoms. The summed E-state index contributed by atoms with van der Waals surface area (Å²) in [6, 6.07) is 48.1. The quantitative estimate of drug-likeness (QED) is 0.0927. The highest BCUT2D eigenvalue weighted by atomic mass is 32.2. The fourth-order valence-electron chi connectivity index (χ4n) is 5.47. The molecule has 1 heterocycles. The third kappa shape index (κ3) is 6.67. The maximum atomic E-state index is 13.5. The Morgan fingerprint density at radius 3 is 1.91 bits per heavy atom. The third-order valence-corrected chi connectivity index (χ3v) is 10.8. The van der Waals surface area contributed by atoms with Crippen LogP contribution in [0.3, 0.4) is 0 Å². The van der Waals surface area contributed by atoms with Crippen molar-refractivity contribution in [3.8, 4) is 5.75 Å². The lowest BCUT2D eigenvalue weighted by atomic mass is 9.82. The standard InChI is InChI=1S/C37H32O4S2/c38-35(28-16-13-19-30(24-28)40-25-27-14-5-1-6-15-27)34-33(26-41-36(34)39)37(29-17-7-2-8-18-29,42-31-20-9-3-10-21-31)43-32-22-11-4-12-23-32/h1-24,33-35,38H,25-26H2/t33-,34-,35?/m1/s1. The van der Waals surface area contributed by atoms with Crippen LogP contribution in [-0.2, 0) is 20.2 Å². The van der Waals surface area contributed by atoms with Gasteiger partial charge in [0, 0.05) is 15.7 Å². The highest BCUT2D eigenvalue weighted by Crippen LogP contribution is 2.61. The first kappa shape index (κ1) is 29.1. The van der Waals surface area contributed by atoms with E-state index in [4.69, 9.17) is 9.47 Å². The van der Waals surface area contributed by atoms with E-state index in [1.54, 1.807) is 23.5 Å². The van der Waals surface area contributed by atoms with Crippen molar-refractivity contribution in [1.29, 1.82) is 0 Å². The van der Waals surface area contributed by atoms with E-state index in [9.17, 15) is 9.90 Å². The Morgan fingerprint density at radius 1 is 0.744 bits per heavy atom. The largest absolute Gasteiger partial charge is 0.489 e. The van der Waals surface area contributed by atoms with Crippen molar-refractivity contribution in [2.24, 2.45) is 11.8 Å². The summed E-state index contributed by atoms with van der Waals surface area (Å²) in [4.78, 5) is 15.7. The molecule has 1 saturated heterocycles. The molecule has 3 atom stereocenters. The summed E-state index contributed by atoms with van der Waals surface area (Å²) in [6.45, 7) is 0.604. The summed E-state index contributed by atoms with van der Waals surface area (Å²) >= 11 is 3.41. The molecule has 1 aliphatic heterocycles. The average Bonchev–Trinajstić information content (AvgIpc) is 3.46. The zero-order valence-corrected chi connectivity index (χ0v) is 25.1. The molecule has 0 aliphatic carbocycles. The molecular formula is C37H32O4S2. The number of esters is 1. The molecule has 216 valence electrons. The van der Waals surface area contributed by atoms with Crippen molar-refractivity contribution >= 4 is 29.5 Å². The second kappa shape index (κ2) is 13.6. The Kier molecular flexibility index (Phi) is 9.18. The Balaban J connectivity index is 1.39. The normalized spacial score (nSPS) is 17.3. The van der Waals surface area contributed by atoms with Crippen LogP contribution >= 0.6 is 23.5 Å². The van der Waals surface area contributed by atoms with E-state index < -0.39 is 22.1 Å². The van der Waals surface area contributed by atoms with Crippen molar-refractivity contribution in [2.45, 2.75) is 26.6 Å². The zero-order valence-electron chi connectivity index (χ0n) is 23.5. The van der Waals surface area contributed by atoms with Gasteiger partial charge in [0.15, 0.2) is 0 Å². The van der Waals surface area contributed by atoms with Crippen LogP contribution in [0.15, 0.2) is 155 Å². The summed E-state index contributed by atoms with van der Waals surface area (Å²) < 4.78 is 11.2. The van der Waals surface area contributed by atoms with Crippen molar-refractivity contribution in [1.82, 2.24) is 0 Å². The van der Waals surface area contributed by atoms with Gasteiger partial charge in [-0.3, -0.25) is 4.79 Å².